The van der Waals surface area contributed by atoms with E-state index in [0.29, 0.717) is 24.6 Å². The zero-order chi connectivity index (χ0) is 14.8. The van der Waals surface area contributed by atoms with E-state index in [2.05, 4.69) is 5.32 Å². The van der Waals surface area contributed by atoms with Crippen LogP contribution < -0.4 is 14.8 Å². The van der Waals surface area contributed by atoms with E-state index in [0.717, 1.165) is 34.3 Å². The Balaban J connectivity index is 1.89. The smallest absolute Gasteiger partial charge is 0.224 e. The molecule has 1 aliphatic rings. The number of rotatable bonds is 5. The van der Waals surface area contributed by atoms with Crippen molar-refractivity contribution >= 4 is 16.8 Å². The Kier molecular flexibility index (Phi) is 3.64. The molecule has 5 heteroatoms. The molecule has 0 aliphatic heterocycles. The molecule has 1 fully saturated rings. The number of carbonyl (C=O) groups excluding carboxylic acids is 1. The average Bonchev–Trinajstić information content (AvgIpc) is 3.25. The molecule has 1 amide bonds. The van der Waals surface area contributed by atoms with Crippen LogP contribution in [0, 0.1) is 5.21 Å². The second-order valence-corrected chi connectivity index (χ2v) is 5.40. The molecule has 0 bridgehead atoms. The van der Waals surface area contributed by atoms with E-state index in [1.54, 1.807) is 12.1 Å². The first-order valence-electron chi connectivity index (χ1n) is 7.19. The molecule has 5 nitrogen and oxygen atoms in total. The van der Waals surface area contributed by atoms with Gasteiger partial charge in [0.25, 0.3) is 0 Å². The molecule has 2 aromatic rings. The molecule has 1 aliphatic carbocycles. The number of hydrogen-bond donors (Lipinski definition) is 1. The second-order valence-electron chi connectivity index (χ2n) is 5.40. The van der Waals surface area contributed by atoms with Gasteiger partial charge in [-0.15, -0.1) is 0 Å². The topological polar surface area (TPSA) is 65.3 Å². The Labute approximate surface area is 123 Å². The number of nitrogens with zero attached hydrogens (tertiary/aromatic N) is 1. The lowest BCUT2D eigenvalue weighted by molar-refractivity contribution is -0.577. The van der Waals surface area contributed by atoms with Gasteiger partial charge in [0.1, 0.15) is 5.75 Å². The lowest BCUT2D eigenvalue weighted by Crippen LogP contribution is -2.27. The molecular weight excluding hydrogens is 268 g/mol. The monoisotopic (exact) mass is 286 g/mol. The van der Waals surface area contributed by atoms with E-state index >= 15 is 0 Å². The van der Waals surface area contributed by atoms with Crippen LogP contribution >= 0.6 is 0 Å². The second kappa shape index (κ2) is 5.60. The van der Waals surface area contributed by atoms with Gasteiger partial charge >= 0.3 is 0 Å². The number of fused-ring (bicyclic) bond motifs is 1. The normalized spacial score (nSPS) is 14.1. The van der Waals surface area contributed by atoms with Gasteiger partial charge in [-0.2, -0.15) is 4.73 Å². The van der Waals surface area contributed by atoms with Crippen LogP contribution in [0.4, 0.5) is 0 Å². The number of ether oxygens (including phenoxy) is 1. The summed E-state index contributed by atoms with van der Waals surface area (Å²) in [6.45, 7) is 2.05. The van der Waals surface area contributed by atoms with E-state index < -0.39 is 0 Å². The quantitative estimate of drug-likeness (QED) is 0.672. The summed E-state index contributed by atoms with van der Waals surface area (Å²) in [6.07, 6.45) is 4.72. The highest BCUT2D eigenvalue weighted by molar-refractivity contribution is 5.81. The van der Waals surface area contributed by atoms with E-state index in [1.807, 2.05) is 12.1 Å². The van der Waals surface area contributed by atoms with Crippen molar-refractivity contribution < 1.29 is 14.3 Å². The summed E-state index contributed by atoms with van der Waals surface area (Å²) in [5.74, 6) is 0.754. The highest BCUT2D eigenvalue weighted by atomic mass is 16.5. The summed E-state index contributed by atoms with van der Waals surface area (Å²) in [6, 6.07) is 7.36. The summed E-state index contributed by atoms with van der Waals surface area (Å²) in [5, 5.41) is 15.5. The average molecular weight is 286 g/mol. The highest BCUT2D eigenvalue weighted by Gasteiger charge is 2.24. The molecule has 0 saturated heterocycles. The molecule has 0 unspecified atom stereocenters. The van der Waals surface area contributed by atoms with E-state index in [4.69, 9.17) is 4.74 Å². The molecule has 0 spiro atoms. The van der Waals surface area contributed by atoms with Crippen molar-refractivity contribution in [2.45, 2.75) is 32.3 Å². The zero-order valence-corrected chi connectivity index (χ0v) is 12.0. The van der Waals surface area contributed by atoms with Crippen molar-refractivity contribution in [1.29, 1.82) is 0 Å². The molecule has 1 aromatic carbocycles. The number of pyridine rings is 1. The summed E-state index contributed by atoms with van der Waals surface area (Å²) >= 11 is 0. The van der Waals surface area contributed by atoms with Gasteiger partial charge in [0.15, 0.2) is 6.20 Å². The van der Waals surface area contributed by atoms with Crippen LogP contribution in [0.25, 0.3) is 10.9 Å². The summed E-state index contributed by atoms with van der Waals surface area (Å²) in [5.41, 5.74) is 1.66. The third-order valence-electron chi connectivity index (χ3n) is 3.56. The molecular formula is C16H18N2O3. The Morgan fingerprint density at radius 1 is 1.43 bits per heavy atom. The Hall–Kier alpha value is -2.30. The van der Waals surface area contributed by atoms with Gasteiger partial charge in [0.05, 0.1) is 11.5 Å². The van der Waals surface area contributed by atoms with E-state index in [1.165, 1.54) is 13.1 Å². The number of carbonyl (C=O) groups is 1. The summed E-state index contributed by atoms with van der Waals surface area (Å²) in [4.78, 5) is 10.9. The van der Waals surface area contributed by atoms with Crippen molar-refractivity contribution in [3.8, 4) is 5.75 Å². The molecule has 0 atom stereocenters. The van der Waals surface area contributed by atoms with Gasteiger partial charge in [0.2, 0.25) is 11.4 Å². The Morgan fingerprint density at radius 2 is 2.24 bits per heavy atom. The molecule has 1 aromatic heterocycles. The van der Waals surface area contributed by atoms with Gasteiger partial charge in [-0.05, 0) is 37.0 Å². The Morgan fingerprint density at radius 3 is 2.95 bits per heavy atom. The fraction of sp³-hybridized carbons (Fsp3) is 0.375. The molecule has 1 saturated carbocycles. The highest BCUT2D eigenvalue weighted by Crippen LogP contribution is 2.29. The van der Waals surface area contributed by atoms with Gasteiger partial charge in [-0.3, -0.25) is 4.79 Å². The number of benzene rings is 1. The SMILES string of the molecule is CC(=O)NCCc1cc[n+]([O-])c2ccc(OC3CC3)cc12. The summed E-state index contributed by atoms with van der Waals surface area (Å²) < 4.78 is 6.65. The van der Waals surface area contributed by atoms with Crippen molar-refractivity contribution in [3.05, 3.63) is 41.2 Å². The van der Waals surface area contributed by atoms with Crippen LogP contribution in [-0.4, -0.2) is 18.6 Å². The molecule has 3 rings (SSSR count). The maximum Gasteiger partial charge on any atom is 0.224 e. The van der Waals surface area contributed by atoms with Crippen LogP contribution in [-0.2, 0) is 11.2 Å². The van der Waals surface area contributed by atoms with Crippen molar-refractivity contribution in [2.24, 2.45) is 0 Å². The lowest BCUT2D eigenvalue weighted by Gasteiger charge is -2.10. The summed E-state index contributed by atoms with van der Waals surface area (Å²) in [7, 11) is 0. The molecule has 21 heavy (non-hydrogen) atoms. The van der Waals surface area contributed by atoms with Crippen LogP contribution in [0.2, 0.25) is 0 Å². The fourth-order valence-corrected chi connectivity index (χ4v) is 2.34. The first-order chi connectivity index (χ1) is 10.1. The maximum atomic E-state index is 11.9. The van der Waals surface area contributed by atoms with Crippen molar-refractivity contribution in [3.63, 3.8) is 0 Å². The molecule has 0 radical (unpaired) electrons. The standard InChI is InChI=1S/C16H18N2O3/c1-11(19)17-8-6-12-7-9-18(20)16-5-4-14(10-15(12)16)21-13-2-3-13/h4-5,7,9-10,13H,2-3,6,8H2,1H3,(H,17,19). The molecule has 1 N–H and O–H groups in total. The van der Waals surface area contributed by atoms with Crippen LogP contribution in [0.3, 0.4) is 0 Å². The van der Waals surface area contributed by atoms with Crippen molar-refractivity contribution in [1.82, 2.24) is 5.32 Å². The van der Waals surface area contributed by atoms with Gasteiger partial charge in [-0.1, -0.05) is 0 Å². The number of aromatic nitrogens is 1. The minimum atomic E-state index is -0.0492. The van der Waals surface area contributed by atoms with Crippen LogP contribution in [0.15, 0.2) is 30.5 Å². The number of amides is 1. The van der Waals surface area contributed by atoms with E-state index in [-0.39, 0.29) is 5.91 Å². The largest absolute Gasteiger partial charge is 0.618 e. The Bertz CT molecular complexity index is 681. The van der Waals surface area contributed by atoms with Gasteiger partial charge in [0, 0.05) is 25.6 Å². The fourth-order valence-electron chi connectivity index (χ4n) is 2.34. The van der Waals surface area contributed by atoms with Gasteiger partial charge in [-0.25, -0.2) is 0 Å². The van der Waals surface area contributed by atoms with Crippen LogP contribution in [0.5, 0.6) is 5.75 Å². The maximum absolute atomic E-state index is 11.9. The van der Waals surface area contributed by atoms with E-state index in [9.17, 15) is 10.0 Å². The first-order valence-corrected chi connectivity index (χ1v) is 7.19. The third-order valence-corrected chi connectivity index (χ3v) is 3.56. The molecule has 110 valence electrons. The third kappa shape index (κ3) is 3.24. The lowest BCUT2D eigenvalue weighted by atomic mass is 10.1. The number of nitrogens with one attached hydrogen (secondary N) is 1. The predicted molar refractivity (Wildman–Crippen MR) is 78.9 cm³/mol. The number of hydrogen-bond acceptors (Lipinski definition) is 3. The zero-order valence-electron chi connectivity index (χ0n) is 12.0. The molecule has 1 heterocycles. The van der Waals surface area contributed by atoms with Crippen LogP contribution in [0.1, 0.15) is 25.3 Å². The van der Waals surface area contributed by atoms with Gasteiger partial charge < -0.3 is 15.3 Å². The van der Waals surface area contributed by atoms with Crippen molar-refractivity contribution in [2.75, 3.05) is 6.54 Å². The predicted octanol–water partition coefficient (Wildman–Crippen LogP) is 1.69. The minimum Gasteiger partial charge on any atom is -0.618 e. The first kappa shape index (κ1) is 13.7. The minimum absolute atomic E-state index is 0.0492.